The monoisotopic (exact) mass is 463 g/mol. The van der Waals surface area contributed by atoms with Crippen molar-refractivity contribution in [3.63, 3.8) is 0 Å². The van der Waals surface area contributed by atoms with E-state index >= 15 is 0 Å². The Morgan fingerprint density at radius 3 is 1.97 bits per heavy atom. The van der Waals surface area contributed by atoms with Crippen LogP contribution in [0.15, 0.2) is 91.0 Å². The highest BCUT2D eigenvalue weighted by atomic mass is 32.2. The first-order valence-corrected chi connectivity index (χ1v) is 11.2. The molecule has 2 N–H and O–H groups in total. The van der Waals surface area contributed by atoms with Gasteiger partial charge in [0.1, 0.15) is 24.7 Å². The van der Waals surface area contributed by atoms with E-state index < -0.39 is 17.2 Å². The van der Waals surface area contributed by atoms with E-state index in [1.807, 2.05) is 36.4 Å². The number of rotatable bonds is 9. The maximum absolute atomic E-state index is 12.2. The largest absolute Gasteiger partial charge is 0.490 e. The molecule has 0 saturated heterocycles. The van der Waals surface area contributed by atoms with Gasteiger partial charge < -0.3 is 14.6 Å². The fourth-order valence-electron chi connectivity index (χ4n) is 3.39. The second-order valence-electron chi connectivity index (χ2n) is 7.04. The average Bonchev–Trinajstić information content (AvgIpc) is 2.83. The van der Waals surface area contributed by atoms with Crippen LogP contribution < -0.4 is 13.8 Å². The molecule has 4 aromatic rings. The van der Waals surface area contributed by atoms with E-state index in [0.717, 1.165) is 10.8 Å². The van der Waals surface area contributed by atoms with Crippen LogP contribution in [0, 0.1) is 0 Å². The molecule has 0 radical (unpaired) electrons. The minimum absolute atomic E-state index is 0.194. The van der Waals surface area contributed by atoms with Gasteiger partial charge in [0, 0.05) is 5.39 Å². The molecular formula is C25H21NO6S. The molecule has 0 heterocycles. The first-order chi connectivity index (χ1) is 16.0. The number of fused-ring (bicyclic) bond motifs is 1. The zero-order valence-electron chi connectivity index (χ0n) is 17.5. The molecule has 0 saturated carbocycles. The van der Waals surface area contributed by atoms with Crippen molar-refractivity contribution in [2.45, 2.75) is 0 Å². The number of hydrogen-bond donors (Lipinski definition) is 2. The van der Waals surface area contributed by atoms with Crippen molar-refractivity contribution in [1.29, 1.82) is 0 Å². The third kappa shape index (κ3) is 5.31. The fourth-order valence-corrected chi connectivity index (χ4v) is 4.02. The van der Waals surface area contributed by atoms with Crippen molar-refractivity contribution in [2.75, 3.05) is 17.5 Å². The Morgan fingerprint density at radius 2 is 1.36 bits per heavy atom. The van der Waals surface area contributed by atoms with Gasteiger partial charge in [-0.15, -0.1) is 0 Å². The summed E-state index contributed by atoms with van der Waals surface area (Å²) in [6, 6.07) is 26.3. The van der Waals surface area contributed by atoms with E-state index in [9.17, 15) is 13.6 Å². The predicted octanol–water partition coefficient (Wildman–Crippen LogP) is 5.27. The number of carboxylic acids is 1. The Labute approximate surface area is 193 Å². The van der Waals surface area contributed by atoms with Crippen LogP contribution in [0.3, 0.4) is 0 Å². The van der Waals surface area contributed by atoms with E-state index in [-0.39, 0.29) is 18.8 Å². The highest BCUT2D eigenvalue weighted by Gasteiger charge is 2.17. The summed E-state index contributed by atoms with van der Waals surface area (Å²) in [4.78, 5) is 10.9. The topological polar surface area (TPSA) is 96.3 Å². The van der Waals surface area contributed by atoms with Crippen LogP contribution in [0.25, 0.3) is 10.8 Å². The van der Waals surface area contributed by atoms with Gasteiger partial charge >= 0.3 is 5.97 Å². The summed E-state index contributed by atoms with van der Waals surface area (Å²) in [5.41, 5.74) is 1.37. The molecule has 8 heteroatoms. The number of hydrogen-bond acceptors (Lipinski definition) is 4. The lowest BCUT2D eigenvalue weighted by atomic mass is 10.1. The fraction of sp³-hybridized carbons (Fsp3) is 0.0800. The molecule has 4 rings (SSSR count). The zero-order valence-corrected chi connectivity index (χ0v) is 18.3. The van der Waals surface area contributed by atoms with Gasteiger partial charge in [0.15, 0.2) is 0 Å². The van der Waals surface area contributed by atoms with Gasteiger partial charge in [0.05, 0.1) is 16.9 Å². The van der Waals surface area contributed by atoms with Crippen LogP contribution in [-0.2, 0) is 11.3 Å². The van der Waals surface area contributed by atoms with Crippen molar-refractivity contribution in [3.8, 4) is 11.5 Å². The van der Waals surface area contributed by atoms with Gasteiger partial charge in [-0.05, 0) is 60.0 Å². The van der Waals surface area contributed by atoms with Crippen LogP contribution in [0.1, 0.15) is 10.4 Å². The number of nitrogens with zero attached hydrogens (tertiary/aromatic N) is 1. The molecular weight excluding hydrogens is 442 g/mol. The summed E-state index contributed by atoms with van der Waals surface area (Å²) in [6.45, 7) is 0.552. The van der Waals surface area contributed by atoms with Crippen molar-refractivity contribution >= 4 is 39.4 Å². The number of carbonyl (C=O) groups is 1. The van der Waals surface area contributed by atoms with Crippen molar-refractivity contribution in [1.82, 2.24) is 0 Å². The molecule has 33 heavy (non-hydrogen) atoms. The SMILES string of the molecule is O=C(O)c1ccc(OCCOc2ccc(N(c3cccc4ccccc34)S(=O)O)cc2)cc1. The van der Waals surface area contributed by atoms with Gasteiger partial charge in [0.2, 0.25) is 0 Å². The standard InChI is InChI=1S/C25H21NO6S/c27-25(28)19-8-12-21(13-9-19)31-16-17-32-22-14-10-20(11-15-22)26(33(29)30)24-7-3-5-18-4-1-2-6-23(18)24/h1-15H,16-17H2,(H,27,28)(H,29,30). The second kappa shape index (κ2) is 10.2. The minimum Gasteiger partial charge on any atom is -0.490 e. The number of carboxylic acid groups (broad SMARTS) is 1. The summed E-state index contributed by atoms with van der Waals surface area (Å²) in [5, 5.41) is 10.8. The lowest BCUT2D eigenvalue weighted by molar-refractivity contribution is 0.0697. The van der Waals surface area contributed by atoms with Crippen LogP contribution in [0.4, 0.5) is 11.4 Å². The first-order valence-electron chi connectivity index (χ1n) is 10.1. The maximum atomic E-state index is 12.2. The molecule has 0 fully saturated rings. The number of benzene rings is 4. The Kier molecular flexibility index (Phi) is 6.87. The third-order valence-corrected chi connectivity index (χ3v) is 5.65. The molecule has 1 atom stereocenters. The molecule has 7 nitrogen and oxygen atoms in total. The molecule has 168 valence electrons. The Bertz CT molecular complexity index is 1270. The Hall–Kier alpha value is -3.88. The lowest BCUT2D eigenvalue weighted by Crippen LogP contribution is -2.19. The van der Waals surface area contributed by atoms with Gasteiger partial charge in [-0.2, -0.15) is 0 Å². The average molecular weight is 464 g/mol. The Balaban J connectivity index is 1.40. The molecule has 0 aromatic heterocycles. The number of aromatic carboxylic acids is 1. The van der Waals surface area contributed by atoms with Crippen LogP contribution >= 0.6 is 0 Å². The second-order valence-corrected chi connectivity index (χ2v) is 7.87. The highest BCUT2D eigenvalue weighted by Crippen LogP contribution is 2.34. The molecule has 0 aliphatic rings. The van der Waals surface area contributed by atoms with E-state index in [1.165, 1.54) is 16.4 Å². The van der Waals surface area contributed by atoms with E-state index in [0.29, 0.717) is 22.9 Å². The lowest BCUT2D eigenvalue weighted by Gasteiger charge is -2.22. The van der Waals surface area contributed by atoms with Crippen molar-refractivity contribution < 1.29 is 28.1 Å². The predicted molar refractivity (Wildman–Crippen MR) is 128 cm³/mol. The molecule has 0 bridgehead atoms. The van der Waals surface area contributed by atoms with Gasteiger partial charge in [-0.3, -0.25) is 4.55 Å². The molecule has 0 amide bonds. The van der Waals surface area contributed by atoms with Gasteiger partial charge in [-0.25, -0.2) is 13.3 Å². The summed E-state index contributed by atoms with van der Waals surface area (Å²) >= 11 is -2.26. The Morgan fingerprint density at radius 1 is 0.788 bits per heavy atom. The molecule has 0 aliphatic heterocycles. The molecule has 1 unspecified atom stereocenters. The number of anilines is 2. The van der Waals surface area contributed by atoms with Crippen molar-refractivity contribution in [2.24, 2.45) is 0 Å². The van der Waals surface area contributed by atoms with Crippen LogP contribution in [-0.4, -0.2) is 33.1 Å². The van der Waals surface area contributed by atoms with Gasteiger partial charge in [-0.1, -0.05) is 36.4 Å². The zero-order chi connectivity index (χ0) is 23.2. The summed E-state index contributed by atoms with van der Waals surface area (Å²) in [5.74, 6) is 0.151. The summed E-state index contributed by atoms with van der Waals surface area (Å²) in [7, 11) is 0. The quantitative estimate of drug-likeness (QED) is 0.259. The maximum Gasteiger partial charge on any atom is 0.335 e. The summed E-state index contributed by atoms with van der Waals surface area (Å²) < 4.78 is 34.8. The van der Waals surface area contributed by atoms with Crippen LogP contribution in [0.2, 0.25) is 0 Å². The summed E-state index contributed by atoms with van der Waals surface area (Å²) in [6.07, 6.45) is 0. The normalized spacial score (nSPS) is 11.7. The third-order valence-electron chi connectivity index (χ3n) is 4.93. The van der Waals surface area contributed by atoms with E-state index in [1.54, 1.807) is 42.5 Å². The smallest absolute Gasteiger partial charge is 0.335 e. The molecule has 0 spiro atoms. The first kappa shape index (κ1) is 22.3. The van der Waals surface area contributed by atoms with Gasteiger partial charge in [0.25, 0.3) is 11.3 Å². The van der Waals surface area contributed by atoms with Crippen molar-refractivity contribution in [3.05, 3.63) is 96.6 Å². The van der Waals surface area contributed by atoms with Crippen LogP contribution in [0.5, 0.6) is 11.5 Å². The van der Waals surface area contributed by atoms with E-state index in [2.05, 4.69) is 0 Å². The molecule has 0 aliphatic carbocycles. The molecule has 4 aromatic carbocycles. The van der Waals surface area contributed by atoms with E-state index in [4.69, 9.17) is 14.6 Å². The highest BCUT2D eigenvalue weighted by molar-refractivity contribution is 7.81. The minimum atomic E-state index is -2.26. The number of ether oxygens (including phenoxy) is 2.